The topological polar surface area (TPSA) is 27.7 Å². The number of para-hydroxylation sites is 3. The Morgan fingerprint density at radius 2 is 0.696 bits per heavy atom. The van der Waals surface area contributed by atoms with Gasteiger partial charge in [-0.1, -0.05) is 54.6 Å². The molecule has 0 spiro atoms. The summed E-state index contributed by atoms with van der Waals surface area (Å²) in [7, 11) is -1.59. The van der Waals surface area contributed by atoms with Crippen LogP contribution in [0.1, 0.15) is 0 Å². The minimum atomic E-state index is -1.59. The van der Waals surface area contributed by atoms with Gasteiger partial charge in [0.15, 0.2) is 0 Å². The third-order valence-corrected chi connectivity index (χ3v) is 3.85. The van der Waals surface area contributed by atoms with Crippen molar-refractivity contribution in [1.29, 1.82) is 0 Å². The molecule has 0 saturated carbocycles. The van der Waals surface area contributed by atoms with Crippen molar-refractivity contribution in [1.82, 2.24) is 0 Å². The monoisotopic (exact) mass is 368 g/mol. The van der Waals surface area contributed by atoms with Gasteiger partial charge in [-0.3, -0.25) is 0 Å². The number of benzene rings is 3. The Morgan fingerprint density at radius 3 is 0.957 bits per heavy atom. The summed E-state index contributed by atoms with van der Waals surface area (Å²) >= 11 is 0. The summed E-state index contributed by atoms with van der Waals surface area (Å²) in [6.07, 6.45) is 0. The van der Waals surface area contributed by atoms with Gasteiger partial charge in [-0.25, -0.2) is 0 Å². The van der Waals surface area contributed by atoms with E-state index in [-0.39, 0.29) is 16.5 Å². The molecule has 0 aliphatic rings. The largest absolute Gasteiger partial charge is 2.00 e. The van der Waals surface area contributed by atoms with Gasteiger partial charge in [0.25, 0.3) is 0 Å². The van der Waals surface area contributed by atoms with Gasteiger partial charge in [-0.2, -0.15) is 0 Å². The molecule has 3 rings (SSSR count). The molecule has 0 radical (unpaired) electrons. The zero-order chi connectivity index (χ0) is 15.0. The molecule has 0 aromatic heterocycles. The van der Waals surface area contributed by atoms with Crippen molar-refractivity contribution in [2.24, 2.45) is 0 Å². The van der Waals surface area contributed by atoms with Gasteiger partial charge in [0.05, 0.1) is 0 Å². The summed E-state index contributed by atoms with van der Waals surface area (Å²) in [5, 5.41) is 0. The van der Waals surface area contributed by atoms with Crippen molar-refractivity contribution in [3.05, 3.63) is 91.0 Å². The zero-order valence-electron chi connectivity index (χ0n) is 12.1. The van der Waals surface area contributed by atoms with E-state index in [1.165, 1.54) is 0 Å². The van der Waals surface area contributed by atoms with Crippen molar-refractivity contribution in [2.75, 3.05) is 0 Å². The minimum Gasteiger partial charge on any atom is -0.409 e. The average Bonchev–Trinajstić information content (AvgIpc) is 2.57. The van der Waals surface area contributed by atoms with Gasteiger partial charge in [0.2, 0.25) is 0 Å². The van der Waals surface area contributed by atoms with E-state index in [2.05, 4.69) is 0 Å². The second-order valence-electron chi connectivity index (χ2n) is 4.44. The Labute approximate surface area is 147 Å². The van der Waals surface area contributed by atoms with Crippen LogP contribution in [0.15, 0.2) is 91.0 Å². The van der Waals surface area contributed by atoms with Crippen LogP contribution in [0.2, 0.25) is 0 Å². The summed E-state index contributed by atoms with van der Waals surface area (Å²) < 4.78 is 17.5. The van der Waals surface area contributed by atoms with E-state index in [1.54, 1.807) is 0 Å². The molecule has 0 fully saturated rings. The molecule has 5 heteroatoms. The van der Waals surface area contributed by atoms with Crippen LogP contribution < -0.4 is 13.6 Å². The fourth-order valence-corrected chi connectivity index (χ4v) is 2.75. The average molecular weight is 369 g/mol. The van der Waals surface area contributed by atoms with Crippen molar-refractivity contribution >= 4 is 8.60 Å². The first-order valence-electron chi connectivity index (χ1n) is 6.89. The van der Waals surface area contributed by atoms with E-state index in [0.29, 0.717) is 17.2 Å². The van der Waals surface area contributed by atoms with Crippen LogP contribution in [-0.4, -0.2) is 0 Å². The van der Waals surface area contributed by atoms with Gasteiger partial charge in [0, 0.05) is 0 Å². The predicted octanol–water partition coefficient (Wildman–Crippen LogP) is 5.45. The van der Waals surface area contributed by atoms with Crippen molar-refractivity contribution in [3.63, 3.8) is 0 Å². The maximum atomic E-state index is 5.84. The van der Waals surface area contributed by atoms with Crippen LogP contribution in [0.25, 0.3) is 0 Å². The van der Waals surface area contributed by atoms with Crippen LogP contribution in [0.3, 0.4) is 0 Å². The summed E-state index contributed by atoms with van der Waals surface area (Å²) in [6, 6.07) is 28.5. The van der Waals surface area contributed by atoms with Crippen LogP contribution in [0, 0.1) is 0 Å². The number of rotatable bonds is 6. The molecule has 0 N–H and O–H groups in total. The molecule has 0 unspecified atom stereocenters. The molecule has 118 valence electrons. The molecule has 0 amide bonds. The Balaban J connectivity index is 0.00000192. The quantitative estimate of drug-likeness (QED) is 0.427. The maximum absolute atomic E-state index is 5.84. The Bertz CT molecular complexity index is 582. The molecule has 0 atom stereocenters. The van der Waals surface area contributed by atoms with Gasteiger partial charge < -0.3 is 13.6 Å². The molecule has 3 nitrogen and oxygen atoms in total. The van der Waals surface area contributed by atoms with Crippen molar-refractivity contribution < 1.29 is 30.1 Å². The fourth-order valence-electron chi connectivity index (χ4n) is 1.76. The first kappa shape index (κ1) is 17.3. The predicted molar refractivity (Wildman–Crippen MR) is 88.1 cm³/mol. The van der Waals surface area contributed by atoms with E-state index in [9.17, 15) is 0 Å². The molecular formula is C18H15NiO3P+2. The van der Waals surface area contributed by atoms with E-state index < -0.39 is 8.60 Å². The molecule has 3 aromatic carbocycles. The molecular weight excluding hydrogens is 354 g/mol. The molecule has 0 heterocycles. The first-order chi connectivity index (χ1) is 10.9. The molecule has 0 bridgehead atoms. The SMILES string of the molecule is [Ni+2].c1ccc(OP(Oc2ccccc2)Oc2ccccc2)cc1. The van der Waals surface area contributed by atoms with E-state index in [0.717, 1.165) is 0 Å². The second kappa shape index (κ2) is 9.20. The summed E-state index contributed by atoms with van der Waals surface area (Å²) in [6.45, 7) is 0. The smallest absolute Gasteiger partial charge is 0.409 e. The maximum Gasteiger partial charge on any atom is 2.00 e. The third kappa shape index (κ3) is 5.60. The number of hydrogen-bond donors (Lipinski definition) is 0. The fraction of sp³-hybridized carbons (Fsp3) is 0. The van der Waals surface area contributed by atoms with Crippen LogP contribution in [-0.2, 0) is 16.5 Å². The summed E-state index contributed by atoms with van der Waals surface area (Å²) in [5.41, 5.74) is 0. The third-order valence-electron chi connectivity index (χ3n) is 2.77. The van der Waals surface area contributed by atoms with Gasteiger partial charge in [-0.15, -0.1) is 0 Å². The van der Waals surface area contributed by atoms with Gasteiger partial charge in [-0.05, 0) is 36.4 Å². The van der Waals surface area contributed by atoms with E-state index in [1.807, 2.05) is 91.0 Å². The Morgan fingerprint density at radius 1 is 0.435 bits per heavy atom. The molecule has 0 aliphatic carbocycles. The second-order valence-corrected chi connectivity index (χ2v) is 5.43. The van der Waals surface area contributed by atoms with E-state index >= 15 is 0 Å². The van der Waals surface area contributed by atoms with Gasteiger partial charge >= 0.3 is 25.1 Å². The van der Waals surface area contributed by atoms with Gasteiger partial charge in [0.1, 0.15) is 17.2 Å². The normalized spacial score (nSPS) is 9.78. The summed E-state index contributed by atoms with van der Waals surface area (Å²) in [4.78, 5) is 0. The Kier molecular flexibility index (Phi) is 6.93. The van der Waals surface area contributed by atoms with Crippen LogP contribution in [0.4, 0.5) is 0 Å². The molecule has 0 saturated heterocycles. The molecule has 0 aliphatic heterocycles. The first-order valence-corrected chi connectivity index (χ1v) is 7.99. The van der Waals surface area contributed by atoms with Crippen molar-refractivity contribution in [2.45, 2.75) is 0 Å². The zero-order valence-corrected chi connectivity index (χ0v) is 14.0. The van der Waals surface area contributed by atoms with Crippen LogP contribution in [0.5, 0.6) is 17.2 Å². The number of hydrogen-bond acceptors (Lipinski definition) is 3. The molecule has 23 heavy (non-hydrogen) atoms. The van der Waals surface area contributed by atoms with E-state index in [4.69, 9.17) is 13.6 Å². The summed E-state index contributed by atoms with van der Waals surface area (Å²) in [5.74, 6) is 2.13. The van der Waals surface area contributed by atoms with Crippen molar-refractivity contribution in [3.8, 4) is 17.2 Å². The standard InChI is InChI=1S/C18H15O3P.Ni/c1-4-10-16(11-5-1)19-22(20-17-12-6-2-7-13-17)21-18-14-8-3-9-15-18;/h1-15H;/q;+2. The van der Waals surface area contributed by atoms with Crippen LogP contribution >= 0.6 is 8.60 Å². The minimum absolute atomic E-state index is 0. The molecule has 3 aromatic rings. The Hall–Kier alpha value is -2.02.